The molecule has 94 valence electrons. The Balaban J connectivity index is 2.11. The van der Waals surface area contributed by atoms with Gasteiger partial charge in [-0.15, -0.1) is 0 Å². The SMILES string of the molecule is Cc1ccc(-c2nc3c(n2C)CCCC3)cc1N. The van der Waals surface area contributed by atoms with Crippen molar-refractivity contribution in [2.75, 3.05) is 5.73 Å². The van der Waals surface area contributed by atoms with Crippen molar-refractivity contribution in [2.24, 2.45) is 7.05 Å². The van der Waals surface area contributed by atoms with E-state index in [1.807, 2.05) is 13.0 Å². The first-order valence-corrected chi connectivity index (χ1v) is 6.58. The first kappa shape index (κ1) is 11.3. The van der Waals surface area contributed by atoms with E-state index in [-0.39, 0.29) is 0 Å². The van der Waals surface area contributed by atoms with Crippen LogP contribution in [0.4, 0.5) is 5.69 Å². The third kappa shape index (κ3) is 1.70. The second-order valence-corrected chi connectivity index (χ2v) is 5.17. The van der Waals surface area contributed by atoms with Crippen molar-refractivity contribution >= 4 is 5.69 Å². The van der Waals surface area contributed by atoms with Crippen LogP contribution in [0.5, 0.6) is 0 Å². The van der Waals surface area contributed by atoms with E-state index in [0.717, 1.165) is 35.5 Å². The number of fused-ring (bicyclic) bond motifs is 1. The molecule has 3 heteroatoms. The van der Waals surface area contributed by atoms with Gasteiger partial charge in [0, 0.05) is 24.0 Å². The molecule has 0 atom stereocenters. The zero-order valence-electron chi connectivity index (χ0n) is 11.0. The number of benzene rings is 1. The molecule has 18 heavy (non-hydrogen) atoms. The number of aromatic nitrogens is 2. The number of aryl methyl sites for hydroxylation is 2. The second kappa shape index (κ2) is 4.16. The van der Waals surface area contributed by atoms with E-state index in [0.29, 0.717) is 0 Å². The number of nitrogen functional groups attached to an aromatic ring is 1. The predicted molar refractivity (Wildman–Crippen MR) is 74.4 cm³/mol. The molecule has 0 saturated carbocycles. The van der Waals surface area contributed by atoms with Gasteiger partial charge in [0.1, 0.15) is 5.82 Å². The van der Waals surface area contributed by atoms with E-state index in [1.54, 1.807) is 0 Å². The van der Waals surface area contributed by atoms with E-state index in [9.17, 15) is 0 Å². The highest BCUT2D eigenvalue weighted by Gasteiger charge is 2.18. The molecule has 1 heterocycles. The number of nitrogens with zero attached hydrogens (tertiary/aromatic N) is 2. The van der Waals surface area contributed by atoms with E-state index >= 15 is 0 Å². The van der Waals surface area contributed by atoms with E-state index in [2.05, 4.69) is 23.7 Å². The van der Waals surface area contributed by atoms with Gasteiger partial charge in [0.25, 0.3) is 0 Å². The average molecular weight is 241 g/mol. The summed E-state index contributed by atoms with van der Waals surface area (Å²) >= 11 is 0. The fourth-order valence-corrected chi connectivity index (χ4v) is 2.72. The molecular weight excluding hydrogens is 222 g/mol. The molecule has 0 fully saturated rings. The van der Waals surface area contributed by atoms with Gasteiger partial charge in [0.05, 0.1) is 5.69 Å². The zero-order chi connectivity index (χ0) is 12.7. The molecular formula is C15H19N3. The summed E-state index contributed by atoms with van der Waals surface area (Å²) in [4.78, 5) is 4.80. The molecule has 0 aliphatic heterocycles. The van der Waals surface area contributed by atoms with Crippen LogP contribution in [0.2, 0.25) is 0 Å². The maximum atomic E-state index is 5.99. The Bertz CT molecular complexity index is 596. The van der Waals surface area contributed by atoms with E-state index < -0.39 is 0 Å². The summed E-state index contributed by atoms with van der Waals surface area (Å²) in [5.74, 6) is 1.05. The van der Waals surface area contributed by atoms with Crippen LogP contribution in [0.25, 0.3) is 11.4 Å². The molecule has 2 N–H and O–H groups in total. The highest BCUT2D eigenvalue weighted by atomic mass is 15.1. The average Bonchev–Trinajstić information content (AvgIpc) is 2.71. The van der Waals surface area contributed by atoms with Gasteiger partial charge in [0.2, 0.25) is 0 Å². The molecule has 1 aromatic heterocycles. The second-order valence-electron chi connectivity index (χ2n) is 5.17. The van der Waals surface area contributed by atoms with Crippen molar-refractivity contribution in [3.8, 4) is 11.4 Å². The molecule has 3 rings (SSSR count). The smallest absolute Gasteiger partial charge is 0.140 e. The van der Waals surface area contributed by atoms with Gasteiger partial charge in [-0.25, -0.2) is 4.98 Å². The number of rotatable bonds is 1. The van der Waals surface area contributed by atoms with Crippen molar-refractivity contribution in [3.63, 3.8) is 0 Å². The molecule has 0 bridgehead atoms. The summed E-state index contributed by atoms with van der Waals surface area (Å²) in [5, 5.41) is 0. The standard InChI is InChI=1S/C15H19N3/c1-10-7-8-11(9-12(10)16)15-17-13-5-3-4-6-14(13)18(15)2/h7-9H,3-6,16H2,1-2H3. The summed E-state index contributed by atoms with van der Waals surface area (Å²) in [7, 11) is 2.11. The van der Waals surface area contributed by atoms with Crippen molar-refractivity contribution < 1.29 is 0 Å². The van der Waals surface area contributed by atoms with Gasteiger partial charge in [-0.3, -0.25) is 0 Å². The Hall–Kier alpha value is -1.77. The van der Waals surface area contributed by atoms with E-state index in [4.69, 9.17) is 10.7 Å². The van der Waals surface area contributed by atoms with Crippen LogP contribution in [0.3, 0.4) is 0 Å². The Kier molecular flexibility index (Phi) is 2.62. The number of anilines is 1. The summed E-state index contributed by atoms with van der Waals surface area (Å²) in [6, 6.07) is 6.21. The molecule has 0 amide bonds. The fourth-order valence-electron chi connectivity index (χ4n) is 2.72. The monoisotopic (exact) mass is 241 g/mol. The van der Waals surface area contributed by atoms with Crippen LogP contribution >= 0.6 is 0 Å². The lowest BCUT2D eigenvalue weighted by Gasteiger charge is -2.11. The third-order valence-electron chi connectivity index (χ3n) is 3.91. The fraction of sp³-hybridized carbons (Fsp3) is 0.400. The number of hydrogen-bond acceptors (Lipinski definition) is 2. The molecule has 1 aliphatic carbocycles. The zero-order valence-corrected chi connectivity index (χ0v) is 11.0. The molecule has 2 aromatic rings. The normalized spacial score (nSPS) is 14.6. The van der Waals surface area contributed by atoms with Crippen molar-refractivity contribution in [1.29, 1.82) is 0 Å². The molecule has 1 aliphatic rings. The van der Waals surface area contributed by atoms with Crippen LogP contribution < -0.4 is 5.73 Å². The van der Waals surface area contributed by atoms with Crippen LogP contribution in [-0.2, 0) is 19.9 Å². The molecule has 1 aromatic carbocycles. The van der Waals surface area contributed by atoms with Crippen molar-refractivity contribution in [3.05, 3.63) is 35.2 Å². The number of imidazole rings is 1. The third-order valence-corrected chi connectivity index (χ3v) is 3.91. The van der Waals surface area contributed by atoms with Crippen LogP contribution in [0.1, 0.15) is 29.8 Å². The molecule has 0 saturated heterocycles. The van der Waals surface area contributed by atoms with Crippen molar-refractivity contribution in [2.45, 2.75) is 32.6 Å². The van der Waals surface area contributed by atoms with Crippen LogP contribution in [-0.4, -0.2) is 9.55 Å². The van der Waals surface area contributed by atoms with Gasteiger partial charge >= 0.3 is 0 Å². The lowest BCUT2D eigenvalue weighted by atomic mass is 10.0. The maximum Gasteiger partial charge on any atom is 0.140 e. The Labute approximate surface area is 108 Å². The van der Waals surface area contributed by atoms with Gasteiger partial charge < -0.3 is 10.3 Å². The van der Waals surface area contributed by atoms with Gasteiger partial charge in [-0.1, -0.05) is 12.1 Å². The number of nitrogens with two attached hydrogens (primary N) is 1. The van der Waals surface area contributed by atoms with Gasteiger partial charge in [-0.2, -0.15) is 0 Å². The quantitative estimate of drug-likeness (QED) is 0.780. The summed E-state index contributed by atoms with van der Waals surface area (Å²) < 4.78 is 2.23. The largest absolute Gasteiger partial charge is 0.398 e. The maximum absolute atomic E-state index is 5.99. The number of hydrogen-bond donors (Lipinski definition) is 1. The Morgan fingerprint density at radius 3 is 2.72 bits per heavy atom. The summed E-state index contributed by atoms with van der Waals surface area (Å²) in [6.07, 6.45) is 4.81. The van der Waals surface area contributed by atoms with Gasteiger partial charge in [0.15, 0.2) is 0 Å². The Morgan fingerprint density at radius 2 is 2.00 bits per heavy atom. The highest BCUT2D eigenvalue weighted by molar-refractivity contribution is 5.64. The topological polar surface area (TPSA) is 43.8 Å². The Morgan fingerprint density at radius 1 is 1.22 bits per heavy atom. The van der Waals surface area contributed by atoms with Crippen molar-refractivity contribution in [1.82, 2.24) is 9.55 Å². The summed E-state index contributed by atoms with van der Waals surface area (Å²) in [6.45, 7) is 2.03. The predicted octanol–water partition coefficient (Wildman–Crippen LogP) is 2.86. The van der Waals surface area contributed by atoms with Crippen LogP contribution in [0.15, 0.2) is 18.2 Å². The lowest BCUT2D eigenvalue weighted by molar-refractivity contribution is 0.644. The highest BCUT2D eigenvalue weighted by Crippen LogP contribution is 2.28. The van der Waals surface area contributed by atoms with Gasteiger partial charge in [-0.05, 0) is 44.2 Å². The molecule has 0 radical (unpaired) electrons. The minimum Gasteiger partial charge on any atom is -0.398 e. The molecule has 0 unspecified atom stereocenters. The first-order valence-electron chi connectivity index (χ1n) is 6.58. The van der Waals surface area contributed by atoms with Crippen LogP contribution in [0, 0.1) is 6.92 Å². The molecule has 3 nitrogen and oxygen atoms in total. The lowest BCUT2D eigenvalue weighted by Crippen LogP contribution is -2.05. The minimum atomic E-state index is 0.841. The molecule has 0 spiro atoms. The first-order chi connectivity index (χ1) is 8.66. The summed E-state index contributed by atoms with van der Waals surface area (Å²) in [5.41, 5.74) is 11.8. The van der Waals surface area contributed by atoms with E-state index in [1.165, 1.54) is 24.2 Å². The minimum absolute atomic E-state index is 0.841.